The number of aromatic nitrogens is 2. The highest BCUT2D eigenvalue weighted by Crippen LogP contribution is 2.17. The molecule has 116 valence electrons. The second-order valence-electron chi connectivity index (χ2n) is 4.84. The van der Waals surface area contributed by atoms with Crippen LogP contribution in [0.4, 0.5) is 17.3 Å². The van der Waals surface area contributed by atoms with Crippen molar-refractivity contribution in [1.29, 1.82) is 0 Å². The first-order chi connectivity index (χ1) is 11.1. The van der Waals surface area contributed by atoms with Gasteiger partial charge in [0.05, 0.1) is 11.9 Å². The number of amides is 1. The number of nitrogens with one attached hydrogen (secondary N) is 2. The van der Waals surface area contributed by atoms with Crippen molar-refractivity contribution in [3.63, 3.8) is 0 Å². The molecule has 2 N–H and O–H groups in total. The van der Waals surface area contributed by atoms with E-state index in [9.17, 15) is 4.79 Å². The van der Waals surface area contributed by atoms with Crippen LogP contribution in [-0.2, 0) is 0 Å². The Balaban J connectivity index is 1.66. The second kappa shape index (κ2) is 6.62. The van der Waals surface area contributed by atoms with E-state index in [4.69, 9.17) is 4.52 Å². The lowest BCUT2D eigenvalue weighted by atomic mass is 10.2. The number of anilines is 3. The zero-order valence-corrected chi connectivity index (χ0v) is 13.8. The number of carbonyl (C=O) groups excluding carboxylic acids is 1. The van der Waals surface area contributed by atoms with Crippen molar-refractivity contribution in [2.24, 2.45) is 0 Å². The molecule has 0 saturated carbocycles. The SMILES string of the molecule is Cc1cc(Nc2ccc(NC(=O)c3cccc(Br)c3)nc2)no1. The summed E-state index contributed by atoms with van der Waals surface area (Å²) < 4.78 is 5.83. The van der Waals surface area contributed by atoms with Gasteiger partial charge in [-0.15, -0.1) is 0 Å². The standard InChI is InChI=1S/C16H13BrN4O2/c1-10-7-15(21-23-10)19-13-5-6-14(18-9-13)20-16(22)11-3-2-4-12(17)8-11/h2-9H,1H3,(H,19,21)(H,18,20,22). The highest BCUT2D eigenvalue weighted by atomic mass is 79.9. The molecule has 0 radical (unpaired) electrons. The Hall–Kier alpha value is -2.67. The highest BCUT2D eigenvalue weighted by Gasteiger charge is 2.07. The Morgan fingerprint density at radius 2 is 2.04 bits per heavy atom. The normalized spacial score (nSPS) is 10.3. The molecule has 0 aliphatic heterocycles. The molecular weight excluding hydrogens is 360 g/mol. The van der Waals surface area contributed by atoms with Crippen molar-refractivity contribution < 1.29 is 9.32 Å². The molecular formula is C16H13BrN4O2. The highest BCUT2D eigenvalue weighted by molar-refractivity contribution is 9.10. The molecule has 0 bridgehead atoms. The van der Waals surface area contributed by atoms with Gasteiger partial charge in [-0.3, -0.25) is 4.79 Å². The number of carbonyl (C=O) groups is 1. The van der Waals surface area contributed by atoms with E-state index in [-0.39, 0.29) is 5.91 Å². The van der Waals surface area contributed by atoms with Gasteiger partial charge in [-0.1, -0.05) is 27.2 Å². The maximum atomic E-state index is 12.1. The average molecular weight is 373 g/mol. The lowest BCUT2D eigenvalue weighted by Crippen LogP contribution is -2.12. The van der Waals surface area contributed by atoms with E-state index in [2.05, 4.69) is 36.7 Å². The molecule has 0 aliphatic rings. The summed E-state index contributed by atoms with van der Waals surface area (Å²) in [6, 6.07) is 12.4. The van der Waals surface area contributed by atoms with Gasteiger partial charge in [-0.05, 0) is 37.3 Å². The van der Waals surface area contributed by atoms with Crippen LogP contribution in [-0.4, -0.2) is 16.0 Å². The lowest BCUT2D eigenvalue weighted by Gasteiger charge is -2.06. The molecule has 23 heavy (non-hydrogen) atoms. The quantitative estimate of drug-likeness (QED) is 0.719. The van der Waals surface area contributed by atoms with Gasteiger partial charge >= 0.3 is 0 Å². The fourth-order valence-corrected chi connectivity index (χ4v) is 2.33. The van der Waals surface area contributed by atoms with Crippen LogP contribution in [0, 0.1) is 6.92 Å². The van der Waals surface area contributed by atoms with Crippen LogP contribution in [0.1, 0.15) is 16.1 Å². The Labute approximate surface area is 141 Å². The van der Waals surface area contributed by atoms with Crippen LogP contribution < -0.4 is 10.6 Å². The van der Waals surface area contributed by atoms with Crippen molar-refractivity contribution >= 4 is 39.2 Å². The molecule has 0 spiro atoms. The first kappa shape index (κ1) is 15.2. The minimum atomic E-state index is -0.216. The molecule has 0 unspecified atom stereocenters. The van der Waals surface area contributed by atoms with Crippen LogP contribution >= 0.6 is 15.9 Å². The van der Waals surface area contributed by atoms with Crippen LogP contribution in [0.15, 0.2) is 57.7 Å². The fourth-order valence-electron chi connectivity index (χ4n) is 1.93. The third kappa shape index (κ3) is 3.95. The van der Waals surface area contributed by atoms with Crippen molar-refractivity contribution in [2.75, 3.05) is 10.6 Å². The van der Waals surface area contributed by atoms with Crippen molar-refractivity contribution in [2.45, 2.75) is 6.92 Å². The van der Waals surface area contributed by atoms with E-state index in [1.165, 1.54) is 0 Å². The number of hydrogen-bond acceptors (Lipinski definition) is 5. The Kier molecular flexibility index (Phi) is 4.38. The molecule has 3 rings (SSSR count). The van der Waals surface area contributed by atoms with Crippen molar-refractivity contribution in [3.05, 3.63) is 64.5 Å². The number of nitrogens with zero attached hydrogens (tertiary/aromatic N) is 2. The molecule has 0 fully saturated rings. The van der Waals surface area contributed by atoms with E-state index in [0.717, 1.165) is 15.9 Å². The van der Waals surface area contributed by atoms with Gasteiger partial charge in [0.15, 0.2) is 5.82 Å². The summed E-state index contributed by atoms with van der Waals surface area (Å²) in [7, 11) is 0. The molecule has 1 aromatic carbocycles. The molecule has 0 saturated heterocycles. The van der Waals surface area contributed by atoms with E-state index in [0.29, 0.717) is 17.2 Å². The van der Waals surface area contributed by atoms with Crippen LogP contribution in [0.5, 0.6) is 0 Å². The van der Waals surface area contributed by atoms with Crippen LogP contribution in [0.25, 0.3) is 0 Å². The molecule has 6 nitrogen and oxygen atoms in total. The minimum Gasteiger partial charge on any atom is -0.360 e. The van der Waals surface area contributed by atoms with Gasteiger partial charge in [0.2, 0.25) is 0 Å². The van der Waals surface area contributed by atoms with E-state index in [1.54, 1.807) is 42.6 Å². The van der Waals surface area contributed by atoms with Gasteiger partial charge in [-0.2, -0.15) is 0 Å². The zero-order chi connectivity index (χ0) is 16.2. The number of hydrogen-bond donors (Lipinski definition) is 2. The Bertz CT molecular complexity index is 830. The summed E-state index contributed by atoms with van der Waals surface area (Å²) in [6.45, 7) is 1.82. The smallest absolute Gasteiger partial charge is 0.256 e. The first-order valence-corrected chi connectivity index (χ1v) is 7.63. The average Bonchev–Trinajstić information content (AvgIpc) is 2.94. The van der Waals surface area contributed by atoms with Gasteiger partial charge in [0.1, 0.15) is 11.6 Å². The molecule has 3 aromatic rings. The van der Waals surface area contributed by atoms with Crippen LogP contribution in [0.2, 0.25) is 0 Å². The topological polar surface area (TPSA) is 80.0 Å². The number of aryl methyl sites for hydroxylation is 1. The molecule has 2 heterocycles. The summed E-state index contributed by atoms with van der Waals surface area (Å²) in [5, 5.41) is 9.65. The predicted octanol–water partition coefficient (Wildman–Crippen LogP) is 4.14. The number of halogens is 1. The largest absolute Gasteiger partial charge is 0.360 e. The summed E-state index contributed by atoms with van der Waals surface area (Å²) in [6.07, 6.45) is 1.61. The second-order valence-corrected chi connectivity index (χ2v) is 5.76. The lowest BCUT2D eigenvalue weighted by molar-refractivity contribution is 0.102. The predicted molar refractivity (Wildman–Crippen MR) is 90.9 cm³/mol. The minimum absolute atomic E-state index is 0.216. The summed E-state index contributed by atoms with van der Waals surface area (Å²) in [5.74, 6) is 1.58. The Morgan fingerprint density at radius 3 is 2.70 bits per heavy atom. The van der Waals surface area contributed by atoms with Gasteiger partial charge in [0, 0.05) is 16.1 Å². The molecule has 7 heteroatoms. The van der Waals surface area contributed by atoms with E-state index in [1.807, 2.05) is 13.0 Å². The van der Waals surface area contributed by atoms with Crippen molar-refractivity contribution in [1.82, 2.24) is 10.1 Å². The summed E-state index contributed by atoms with van der Waals surface area (Å²) in [5.41, 5.74) is 1.31. The fraction of sp³-hybridized carbons (Fsp3) is 0.0625. The third-order valence-corrected chi connectivity index (χ3v) is 3.49. The van der Waals surface area contributed by atoms with Gasteiger partial charge < -0.3 is 15.2 Å². The van der Waals surface area contributed by atoms with E-state index < -0.39 is 0 Å². The zero-order valence-electron chi connectivity index (χ0n) is 12.2. The molecule has 1 amide bonds. The molecule has 0 atom stereocenters. The van der Waals surface area contributed by atoms with Crippen LogP contribution in [0.3, 0.4) is 0 Å². The van der Waals surface area contributed by atoms with E-state index >= 15 is 0 Å². The maximum absolute atomic E-state index is 12.1. The number of benzene rings is 1. The Morgan fingerprint density at radius 1 is 1.17 bits per heavy atom. The summed E-state index contributed by atoms with van der Waals surface area (Å²) in [4.78, 5) is 16.3. The first-order valence-electron chi connectivity index (χ1n) is 6.83. The monoisotopic (exact) mass is 372 g/mol. The third-order valence-electron chi connectivity index (χ3n) is 2.99. The maximum Gasteiger partial charge on any atom is 0.256 e. The van der Waals surface area contributed by atoms with Crippen molar-refractivity contribution in [3.8, 4) is 0 Å². The number of rotatable bonds is 4. The number of pyridine rings is 1. The molecule has 0 aliphatic carbocycles. The summed E-state index contributed by atoms with van der Waals surface area (Å²) >= 11 is 3.34. The molecule has 2 aromatic heterocycles. The van der Waals surface area contributed by atoms with Gasteiger partial charge in [-0.25, -0.2) is 4.98 Å². The van der Waals surface area contributed by atoms with Gasteiger partial charge in [0.25, 0.3) is 5.91 Å².